The maximum Gasteiger partial charge on any atom is 0.0897 e. The third-order valence-corrected chi connectivity index (χ3v) is 3.36. The highest BCUT2D eigenvalue weighted by atomic mass is 79.9. The van der Waals surface area contributed by atoms with Crippen LogP contribution in [0.3, 0.4) is 0 Å². The van der Waals surface area contributed by atoms with Crippen molar-refractivity contribution in [1.82, 2.24) is 4.90 Å². The minimum Gasteiger partial charge on any atom is -0.394 e. The highest BCUT2D eigenvalue weighted by Crippen LogP contribution is 2.21. The van der Waals surface area contributed by atoms with Gasteiger partial charge in [-0.3, -0.25) is 4.90 Å². The van der Waals surface area contributed by atoms with E-state index in [4.69, 9.17) is 5.11 Å². The number of hydrogen-bond acceptors (Lipinski definition) is 4. The Kier molecular flexibility index (Phi) is 5.05. The minimum absolute atomic E-state index is 0.183. The topological polar surface area (TPSA) is 43.7 Å². The third-order valence-electron chi connectivity index (χ3n) is 1.81. The van der Waals surface area contributed by atoms with E-state index in [-0.39, 0.29) is 6.61 Å². The van der Waals surface area contributed by atoms with Crippen LogP contribution >= 0.6 is 27.3 Å². The number of likely N-dealkylation sites (N-methyl/N-ethyl adjacent to an activating group) is 1. The summed E-state index contributed by atoms with van der Waals surface area (Å²) in [5.41, 5.74) is 1.22. The molecule has 3 nitrogen and oxygen atoms in total. The van der Waals surface area contributed by atoms with Gasteiger partial charge in [0.15, 0.2) is 0 Å². The lowest BCUT2D eigenvalue weighted by molar-refractivity contribution is 0.0648. The molecular formula is C9H14BrNO2S. The maximum absolute atomic E-state index is 9.21. The largest absolute Gasteiger partial charge is 0.394 e. The average Bonchev–Trinajstić information content (AvgIpc) is 2.50. The van der Waals surface area contributed by atoms with Gasteiger partial charge in [-0.05, 0) is 40.0 Å². The molecule has 0 spiro atoms. The Morgan fingerprint density at radius 1 is 1.64 bits per heavy atom. The number of halogens is 1. The van der Waals surface area contributed by atoms with Crippen LogP contribution in [0.5, 0.6) is 0 Å². The summed E-state index contributed by atoms with van der Waals surface area (Å²) in [6.45, 7) is 1.10. The number of nitrogens with zero attached hydrogens (tertiary/aromatic N) is 1. The van der Waals surface area contributed by atoms with Gasteiger partial charge in [-0.2, -0.15) is 0 Å². The quantitative estimate of drug-likeness (QED) is 0.854. The van der Waals surface area contributed by atoms with Crippen molar-refractivity contribution in [2.75, 3.05) is 20.2 Å². The van der Waals surface area contributed by atoms with Crippen molar-refractivity contribution < 1.29 is 10.2 Å². The fourth-order valence-electron chi connectivity index (χ4n) is 1.22. The Balaban J connectivity index is 2.37. The van der Waals surface area contributed by atoms with E-state index in [1.54, 1.807) is 11.3 Å². The summed E-state index contributed by atoms with van der Waals surface area (Å²) < 4.78 is 1.11. The molecule has 1 atom stereocenters. The Labute approximate surface area is 96.1 Å². The zero-order valence-corrected chi connectivity index (χ0v) is 10.4. The van der Waals surface area contributed by atoms with Crippen LogP contribution in [0, 0.1) is 0 Å². The summed E-state index contributed by atoms with van der Waals surface area (Å²) in [5, 5.41) is 20.0. The molecule has 5 heteroatoms. The van der Waals surface area contributed by atoms with Gasteiger partial charge in [0.05, 0.1) is 16.5 Å². The first kappa shape index (κ1) is 12.1. The van der Waals surface area contributed by atoms with Crippen molar-refractivity contribution in [3.63, 3.8) is 0 Å². The molecule has 0 aliphatic heterocycles. The summed E-state index contributed by atoms with van der Waals surface area (Å²) >= 11 is 5.05. The van der Waals surface area contributed by atoms with E-state index in [0.29, 0.717) is 6.54 Å². The number of rotatable bonds is 5. The summed E-state index contributed by atoms with van der Waals surface area (Å²) in [6.07, 6.45) is -0.651. The number of aliphatic hydroxyl groups excluding tert-OH is 2. The van der Waals surface area contributed by atoms with Crippen LogP contribution in [0.25, 0.3) is 0 Å². The van der Waals surface area contributed by atoms with Gasteiger partial charge in [-0.1, -0.05) is 0 Å². The maximum atomic E-state index is 9.21. The van der Waals surface area contributed by atoms with Gasteiger partial charge < -0.3 is 10.2 Å². The highest BCUT2D eigenvalue weighted by Gasteiger charge is 2.07. The molecule has 1 aromatic rings. The van der Waals surface area contributed by atoms with Gasteiger partial charge in [-0.25, -0.2) is 0 Å². The predicted octanol–water partition coefficient (Wildman–Crippen LogP) is 1.30. The standard InChI is InChI=1S/C9H14BrNO2S/c1-11(4-8(13)5-12)3-7-2-9(10)14-6-7/h2,6,8,12-13H,3-5H2,1H3. The Morgan fingerprint density at radius 2 is 2.36 bits per heavy atom. The van der Waals surface area contributed by atoms with Gasteiger partial charge in [0.25, 0.3) is 0 Å². The first-order chi connectivity index (χ1) is 6.61. The average molecular weight is 280 g/mol. The molecular weight excluding hydrogens is 266 g/mol. The molecule has 1 rings (SSSR count). The van der Waals surface area contributed by atoms with Gasteiger partial charge in [0.1, 0.15) is 0 Å². The second-order valence-corrected chi connectivity index (χ2v) is 5.58. The van der Waals surface area contributed by atoms with Crippen LogP contribution in [0.2, 0.25) is 0 Å². The Hall–Kier alpha value is 0.0600. The van der Waals surface area contributed by atoms with Crippen molar-refractivity contribution in [1.29, 1.82) is 0 Å². The molecule has 0 aliphatic carbocycles. The van der Waals surface area contributed by atoms with Crippen LogP contribution < -0.4 is 0 Å². The number of hydrogen-bond donors (Lipinski definition) is 2. The Morgan fingerprint density at radius 3 is 2.86 bits per heavy atom. The van der Waals surface area contributed by atoms with Crippen LogP contribution in [0.15, 0.2) is 15.2 Å². The van der Waals surface area contributed by atoms with Crippen LogP contribution in [-0.2, 0) is 6.54 Å². The monoisotopic (exact) mass is 279 g/mol. The van der Waals surface area contributed by atoms with E-state index < -0.39 is 6.10 Å². The summed E-state index contributed by atoms with van der Waals surface area (Å²) in [7, 11) is 1.92. The van der Waals surface area contributed by atoms with Crippen LogP contribution in [0.1, 0.15) is 5.56 Å². The van der Waals surface area contributed by atoms with Gasteiger partial charge in [0.2, 0.25) is 0 Å². The molecule has 2 N–H and O–H groups in total. The number of aliphatic hydroxyl groups is 2. The summed E-state index contributed by atoms with van der Waals surface area (Å²) in [5.74, 6) is 0. The zero-order valence-electron chi connectivity index (χ0n) is 7.98. The normalized spacial score (nSPS) is 13.5. The molecule has 14 heavy (non-hydrogen) atoms. The first-order valence-corrected chi connectivity index (χ1v) is 5.99. The molecule has 0 amide bonds. The van der Waals surface area contributed by atoms with Crippen molar-refractivity contribution in [3.05, 3.63) is 20.8 Å². The second kappa shape index (κ2) is 5.82. The van der Waals surface area contributed by atoms with E-state index in [2.05, 4.69) is 27.4 Å². The molecule has 0 aliphatic rings. The molecule has 1 unspecified atom stereocenters. The number of thiophene rings is 1. The molecule has 1 heterocycles. The Bertz CT molecular complexity index is 280. The van der Waals surface area contributed by atoms with Gasteiger partial charge >= 0.3 is 0 Å². The van der Waals surface area contributed by atoms with Crippen molar-refractivity contribution in [3.8, 4) is 0 Å². The summed E-state index contributed by atoms with van der Waals surface area (Å²) in [4.78, 5) is 1.98. The second-order valence-electron chi connectivity index (χ2n) is 3.29. The smallest absolute Gasteiger partial charge is 0.0897 e. The zero-order chi connectivity index (χ0) is 10.6. The lowest BCUT2D eigenvalue weighted by atomic mass is 10.3. The first-order valence-electron chi connectivity index (χ1n) is 4.32. The molecule has 0 aromatic carbocycles. The minimum atomic E-state index is -0.651. The SMILES string of the molecule is CN(Cc1csc(Br)c1)CC(O)CO. The molecule has 0 radical (unpaired) electrons. The van der Waals surface area contributed by atoms with Crippen molar-refractivity contribution >= 4 is 27.3 Å². The van der Waals surface area contributed by atoms with E-state index in [1.807, 2.05) is 11.9 Å². The van der Waals surface area contributed by atoms with E-state index in [0.717, 1.165) is 10.3 Å². The summed E-state index contributed by atoms with van der Waals surface area (Å²) in [6, 6.07) is 2.06. The predicted molar refractivity (Wildman–Crippen MR) is 61.4 cm³/mol. The van der Waals surface area contributed by atoms with Crippen LogP contribution in [-0.4, -0.2) is 41.4 Å². The molecule has 0 saturated heterocycles. The fourth-order valence-corrected chi connectivity index (χ4v) is 2.42. The molecule has 80 valence electrons. The molecule has 0 fully saturated rings. The van der Waals surface area contributed by atoms with Gasteiger partial charge in [0, 0.05) is 13.1 Å². The van der Waals surface area contributed by atoms with Gasteiger partial charge in [-0.15, -0.1) is 11.3 Å². The highest BCUT2D eigenvalue weighted by molar-refractivity contribution is 9.11. The lowest BCUT2D eigenvalue weighted by Crippen LogP contribution is -2.30. The van der Waals surface area contributed by atoms with E-state index in [9.17, 15) is 5.11 Å². The van der Waals surface area contributed by atoms with Crippen molar-refractivity contribution in [2.24, 2.45) is 0 Å². The molecule has 0 saturated carbocycles. The van der Waals surface area contributed by atoms with E-state index >= 15 is 0 Å². The molecule has 0 bridgehead atoms. The van der Waals surface area contributed by atoms with Crippen molar-refractivity contribution in [2.45, 2.75) is 12.6 Å². The third kappa shape index (κ3) is 4.06. The fraction of sp³-hybridized carbons (Fsp3) is 0.556. The van der Waals surface area contributed by atoms with Crippen LogP contribution in [0.4, 0.5) is 0 Å². The van der Waals surface area contributed by atoms with E-state index in [1.165, 1.54) is 5.56 Å². The molecule has 1 aromatic heterocycles. The lowest BCUT2D eigenvalue weighted by Gasteiger charge is -2.18.